The Kier molecular flexibility index (Phi) is 6.36. The number of carbonyl (C=O) groups excluding carboxylic acids is 1. The van der Waals surface area contributed by atoms with Gasteiger partial charge < -0.3 is 10.2 Å². The van der Waals surface area contributed by atoms with Gasteiger partial charge in [0, 0.05) is 24.2 Å². The van der Waals surface area contributed by atoms with Crippen molar-refractivity contribution in [3.05, 3.63) is 47.4 Å². The molecule has 0 fully saturated rings. The highest BCUT2D eigenvalue weighted by molar-refractivity contribution is 7.92. The van der Waals surface area contributed by atoms with E-state index >= 15 is 0 Å². The predicted octanol–water partition coefficient (Wildman–Crippen LogP) is 3.45. The molecule has 14 heteroatoms. The van der Waals surface area contributed by atoms with Crippen molar-refractivity contribution in [1.82, 2.24) is 14.9 Å². The second-order valence-corrected chi connectivity index (χ2v) is 9.03. The van der Waals surface area contributed by atoms with Crippen LogP contribution in [0.2, 0.25) is 0 Å². The lowest BCUT2D eigenvalue weighted by Crippen LogP contribution is -2.38. The second-order valence-electron chi connectivity index (χ2n) is 6.93. The molecular weight excluding hydrogens is 466 g/mol. The highest BCUT2D eigenvalue weighted by Gasteiger charge is 2.45. The molecule has 1 amide bonds. The minimum atomic E-state index is -5.42. The van der Waals surface area contributed by atoms with Gasteiger partial charge in [0.25, 0.3) is 0 Å². The summed E-state index contributed by atoms with van der Waals surface area (Å²) < 4.78 is 97.7. The minimum absolute atomic E-state index is 0.0650. The van der Waals surface area contributed by atoms with E-state index in [-0.39, 0.29) is 19.5 Å². The summed E-state index contributed by atoms with van der Waals surface area (Å²) in [4.78, 5) is 21.5. The van der Waals surface area contributed by atoms with E-state index in [0.29, 0.717) is 22.8 Å². The average molecular weight is 482 g/mol. The molecule has 2 heterocycles. The first-order valence-electron chi connectivity index (χ1n) is 9.12. The molecule has 0 bridgehead atoms. The molecule has 0 unspecified atom stereocenters. The number of halogens is 6. The molecule has 1 aromatic carbocycles. The SMILES string of the molecule is O=C(CCS(=O)(=O)C(F)(F)F)N1CCc2c(ncnc2Nc2ccc(C(F)(F)F)cc2)C1. The first-order chi connectivity index (χ1) is 14.8. The number of nitrogens with one attached hydrogen (secondary N) is 1. The van der Waals surface area contributed by atoms with Gasteiger partial charge in [-0.3, -0.25) is 4.79 Å². The Morgan fingerprint density at radius 1 is 1.06 bits per heavy atom. The van der Waals surface area contributed by atoms with Gasteiger partial charge in [-0.15, -0.1) is 0 Å². The number of rotatable bonds is 5. The van der Waals surface area contributed by atoms with Gasteiger partial charge in [-0.05, 0) is 30.7 Å². The van der Waals surface area contributed by atoms with Crippen LogP contribution in [0.1, 0.15) is 23.2 Å². The Morgan fingerprint density at radius 3 is 2.31 bits per heavy atom. The normalized spacial score (nSPS) is 14.8. The zero-order valence-corrected chi connectivity index (χ0v) is 17.0. The van der Waals surface area contributed by atoms with Gasteiger partial charge in [-0.1, -0.05) is 0 Å². The maximum Gasteiger partial charge on any atom is 0.497 e. The largest absolute Gasteiger partial charge is 0.497 e. The molecule has 0 atom stereocenters. The molecule has 0 saturated heterocycles. The number of alkyl halides is 6. The average Bonchev–Trinajstić information content (AvgIpc) is 2.71. The molecule has 0 aliphatic carbocycles. The zero-order valence-electron chi connectivity index (χ0n) is 16.2. The van der Waals surface area contributed by atoms with Crippen molar-refractivity contribution in [2.75, 3.05) is 17.6 Å². The predicted molar refractivity (Wildman–Crippen MR) is 100 cm³/mol. The van der Waals surface area contributed by atoms with Gasteiger partial charge in [-0.2, -0.15) is 26.3 Å². The Bertz CT molecular complexity index is 1100. The Morgan fingerprint density at radius 2 is 1.72 bits per heavy atom. The topological polar surface area (TPSA) is 92.3 Å². The van der Waals surface area contributed by atoms with Crippen LogP contribution in [0.3, 0.4) is 0 Å². The van der Waals surface area contributed by atoms with Gasteiger partial charge in [-0.25, -0.2) is 18.4 Å². The number of benzene rings is 1. The summed E-state index contributed by atoms with van der Waals surface area (Å²) in [6, 6.07) is 4.28. The summed E-state index contributed by atoms with van der Waals surface area (Å²) in [7, 11) is -5.40. The van der Waals surface area contributed by atoms with Crippen LogP contribution >= 0.6 is 0 Å². The second kappa shape index (κ2) is 8.56. The van der Waals surface area contributed by atoms with Crippen LogP contribution in [-0.2, 0) is 33.8 Å². The number of hydrogen-bond acceptors (Lipinski definition) is 6. The summed E-state index contributed by atoms with van der Waals surface area (Å²) in [5, 5.41) is 2.89. The molecular formula is C18H16F6N4O3S. The van der Waals surface area contributed by atoms with Gasteiger partial charge in [0.15, 0.2) is 0 Å². The summed E-state index contributed by atoms with van der Waals surface area (Å²) in [6.45, 7) is 0.0252. The maximum absolute atomic E-state index is 12.7. The fourth-order valence-electron chi connectivity index (χ4n) is 3.05. The molecule has 32 heavy (non-hydrogen) atoms. The number of hydrogen-bond donors (Lipinski definition) is 1. The molecule has 174 valence electrons. The Hall–Kier alpha value is -2.90. The fraction of sp³-hybridized carbons (Fsp3) is 0.389. The first kappa shape index (κ1) is 23.8. The third kappa shape index (κ3) is 5.29. The number of carbonyl (C=O) groups is 1. The minimum Gasteiger partial charge on any atom is -0.340 e. The van der Waals surface area contributed by atoms with E-state index in [1.54, 1.807) is 0 Å². The van der Waals surface area contributed by atoms with Gasteiger partial charge >= 0.3 is 11.7 Å². The smallest absolute Gasteiger partial charge is 0.340 e. The number of amides is 1. The Labute approximate surface area is 178 Å². The molecule has 1 aliphatic rings. The number of aromatic nitrogens is 2. The van der Waals surface area contributed by atoms with Crippen LogP contribution in [0.4, 0.5) is 37.8 Å². The van der Waals surface area contributed by atoms with Gasteiger partial charge in [0.2, 0.25) is 15.7 Å². The highest BCUT2D eigenvalue weighted by Crippen LogP contribution is 2.31. The van der Waals surface area contributed by atoms with Crippen LogP contribution in [-0.4, -0.2) is 47.0 Å². The summed E-state index contributed by atoms with van der Waals surface area (Å²) in [5.41, 5.74) is -4.90. The molecule has 7 nitrogen and oxygen atoms in total. The van der Waals surface area contributed by atoms with E-state index in [1.165, 1.54) is 23.4 Å². The maximum atomic E-state index is 12.7. The molecule has 2 aromatic rings. The van der Waals surface area contributed by atoms with E-state index in [2.05, 4.69) is 15.3 Å². The molecule has 0 saturated carbocycles. The fourth-order valence-corrected chi connectivity index (χ4v) is 3.72. The van der Waals surface area contributed by atoms with Crippen LogP contribution in [0.5, 0.6) is 0 Å². The first-order valence-corrected chi connectivity index (χ1v) is 10.8. The number of fused-ring (bicyclic) bond motifs is 1. The van der Waals surface area contributed by atoms with Crippen molar-refractivity contribution in [1.29, 1.82) is 0 Å². The molecule has 1 aromatic heterocycles. The van der Waals surface area contributed by atoms with E-state index in [0.717, 1.165) is 12.1 Å². The van der Waals surface area contributed by atoms with E-state index in [4.69, 9.17) is 0 Å². The van der Waals surface area contributed by atoms with E-state index < -0.39 is 45.2 Å². The van der Waals surface area contributed by atoms with Crippen molar-refractivity contribution in [3.63, 3.8) is 0 Å². The lowest BCUT2D eigenvalue weighted by molar-refractivity contribution is -0.137. The summed E-state index contributed by atoms with van der Waals surface area (Å²) >= 11 is 0. The molecule has 1 aliphatic heterocycles. The highest BCUT2D eigenvalue weighted by atomic mass is 32.2. The van der Waals surface area contributed by atoms with Crippen LogP contribution in [0.25, 0.3) is 0 Å². The number of sulfone groups is 1. The van der Waals surface area contributed by atoms with E-state index in [9.17, 15) is 39.6 Å². The third-order valence-corrected chi connectivity index (χ3v) is 6.22. The molecule has 0 radical (unpaired) electrons. The number of nitrogens with zero attached hydrogens (tertiary/aromatic N) is 3. The lowest BCUT2D eigenvalue weighted by atomic mass is 10.0. The summed E-state index contributed by atoms with van der Waals surface area (Å²) in [5.74, 6) is -1.79. The van der Waals surface area contributed by atoms with Crippen LogP contribution in [0.15, 0.2) is 30.6 Å². The Balaban J connectivity index is 1.68. The van der Waals surface area contributed by atoms with Crippen molar-refractivity contribution < 1.29 is 39.6 Å². The summed E-state index contributed by atoms with van der Waals surface area (Å²) in [6.07, 6.45) is -3.90. The molecule has 3 rings (SSSR count). The standard InChI is InChI=1S/C18H16F6N4O3S/c19-17(20,21)11-1-3-12(4-2-11)27-16-13-5-7-28(9-14(13)25-10-26-16)15(29)6-8-32(30,31)18(22,23)24/h1-4,10H,5-9H2,(H,25,26,27). The third-order valence-electron chi connectivity index (χ3n) is 4.77. The van der Waals surface area contributed by atoms with Crippen molar-refractivity contribution >= 4 is 27.2 Å². The zero-order chi connectivity index (χ0) is 23.7. The monoisotopic (exact) mass is 482 g/mol. The van der Waals surface area contributed by atoms with Crippen molar-refractivity contribution in [2.45, 2.75) is 31.1 Å². The van der Waals surface area contributed by atoms with Crippen molar-refractivity contribution in [2.24, 2.45) is 0 Å². The molecule has 0 spiro atoms. The van der Waals surface area contributed by atoms with Crippen molar-refractivity contribution in [3.8, 4) is 0 Å². The van der Waals surface area contributed by atoms with Crippen LogP contribution < -0.4 is 5.32 Å². The lowest BCUT2D eigenvalue weighted by Gasteiger charge is -2.29. The van der Waals surface area contributed by atoms with Crippen LogP contribution in [0, 0.1) is 0 Å². The van der Waals surface area contributed by atoms with Gasteiger partial charge in [0.05, 0.1) is 23.6 Å². The van der Waals surface area contributed by atoms with E-state index in [1.807, 2.05) is 0 Å². The molecule has 1 N–H and O–H groups in total. The quantitative estimate of drug-likeness (QED) is 0.657. The number of anilines is 2. The van der Waals surface area contributed by atoms with Gasteiger partial charge in [0.1, 0.15) is 12.1 Å².